The Hall–Kier alpha value is -2.50. The van der Waals surface area contributed by atoms with E-state index in [0.29, 0.717) is 5.92 Å². The Morgan fingerprint density at radius 3 is 2.92 bits per heavy atom. The summed E-state index contributed by atoms with van der Waals surface area (Å²) in [5.41, 5.74) is 2.46. The van der Waals surface area contributed by atoms with Crippen LogP contribution >= 0.6 is 0 Å². The second-order valence-electron chi connectivity index (χ2n) is 7.00. The summed E-state index contributed by atoms with van der Waals surface area (Å²) in [7, 11) is 3.80. The lowest BCUT2D eigenvalue weighted by Gasteiger charge is -2.24. The summed E-state index contributed by atoms with van der Waals surface area (Å²) in [5, 5.41) is 7.75. The van der Waals surface area contributed by atoms with Crippen molar-refractivity contribution < 1.29 is 4.74 Å². The molecule has 6 heteroatoms. The first-order valence-corrected chi connectivity index (χ1v) is 9.23. The highest BCUT2D eigenvalue weighted by Crippen LogP contribution is 2.26. The van der Waals surface area contributed by atoms with Crippen LogP contribution in [0.4, 0.5) is 0 Å². The molecule has 1 aliphatic rings. The predicted octanol–water partition coefficient (Wildman–Crippen LogP) is 2.56. The number of aromatic nitrogens is 2. The molecule has 1 aromatic heterocycles. The third-order valence-electron chi connectivity index (χ3n) is 4.87. The van der Waals surface area contributed by atoms with E-state index in [2.05, 4.69) is 46.4 Å². The summed E-state index contributed by atoms with van der Waals surface area (Å²) in [6, 6.07) is 8.11. The molecule has 0 saturated carbocycles. The molecule has 1 saturated heterocycles. The number of likely N-dealkylation sites (tertiary alicyclic amines) is 1. The largest absolute Gasteiger partial charge is 0.489 e. The third-order valence-corrected chi connectivity index (χ3v) is 4.87. The van der Waals surface area contributed by atoms with E-state index in [1.807, 2.05) is 43.2 Å². The Balaban J connectivity index is 1.51. The Labute approximate surface area is 155 Å². The second kappa shape index (κ2) is 8.25. The smallest absolute Gasteiger partial charge is 0.193 e. The lowest BCUT2D eigenvalue weighted by atomic mass is 10.0. The van der Waals surface area contributed by atoms with Crippen LogP contribution in [0, 0.1) is 6.92 Å². The fourth-order valence-electron chi connectivity index (χ4n) is 3.39. The maximum atomic E-state index is 6.05. The van der Waals surface area contributed by atoms with Crippen molar-refractivity contribution in [1.29, 1.82) is 0 Å². The van der Waals surface area contributed by atoms with E-state index in [9.17, 15) is 0 Å². The van der Waals surface area contributed by atoms with Crippen molar-refractivity contribution in [2.45, 2.75) is 32.3 Å². The highest BCUT2D eigenvalue weighted by molar-refractivity contribution is 5.80. The van der Waals surface area contributed by atoms with Crippen LogP contribution < -0.4 is 10.1 Å². The van der Waals surface area contributed by atoms with Gasteiger partial charge < -0.3 is 15.0 Å². The molecule has 2 atom stereocenters. The minimum atomic E-state index is 0.0598. The maximum absolute atomic E-state index is 6.05. The number of benzene rings is 1. The van der Waals surface area contributed by atoms with Gasteiger partial charge >= 0.3 is 0 Å². The van der Waals surface area contributed by atoms with Crippen molar-refractivity contribution in [2.75, 3.05) is 26.7 Å². The SMILES string of the molecule is CN=C(NCC(C)Oc1ccccc1C)N1CCC(c2cnn(C)c2)C1. The van der Waals surface area contributed by atoms with Crippen molar-refractivity contribution >= 4 is 5.96 Å². The Morgan fingerprint density at radius 2 is 2.23 bits per heavy atom. The van der Waals surface area contributed by atoms with Crippen LogP contribution in [0.5, 0.6) is 5.75 Å². The molecule has 3 rings (SSSR count). The molecule has 1 aliphatic heterocycles. The number of ether oxygens (including phenoxy) is 1. The molecule has 1 N–H and O–H groups in total. The van der Waals surface area contributed by atoms with Crippen LogP contribution in [0.1, 0.15) is 30.4 Å². The zero-order valence-corrected chi connectivity index (χ0v) is 16.1. The van der Waals surface area contributed by atoms with E-state index < -0.39 is 0 Å². The fourth-order valence-corrected chi connectivity index (χ4v) is 3.39. The van der Waals surface area contributed by atoms with Gasteiger partial charge in [-0.2, -0.15) is 5.10 Å². The minimum Gasteiger partial charge on any atom is -0.489 e. The zero-order valence-electron chi connectivity index (χ0n) is 16.1. The number of para-hydroxylation sites is 1. The Morgan fingerprint density at radius 1 is 1.42 bits per heavy atom. The highest BCUT2D eigenvalue weighted by Gasteiger charge is 2.27. The molecule has 1 aromatic carbocycles. The van der Waals surface area contributed by atoms with Crippen molar-refractivity contribution in [3.05, 3.63) is 47.8 Å². The van der Waals surface area contributed by atoms with Gasteiger partial charge in [-0.15, -0.1) is 0 Å². The van der Waals surface area contributed by atoms with Crippen LogP contribution in [-0.4, -0.2) is 53.4 Å². The van der Waals surface area contributed by atoms with Gasteiger partial charge in [0.1, 0.15) is 11.9 Å². The predicted molar refractivity (Wildman–Crippen MR) is 105 cm³/mol. The maximum Gasteiger partial charge on any atom is 0.193 e. The number of hydrogen-bond donors (Lipinski definition) is 1. The molecule has 2 unspecified atom stereocenters. The summed E-state index contributed by atoms with van der Waals surface area (Å²) < 4.78 is 7.92. The summed E-state index contributed by atoms with van der Waals surface area (Å²) in [6.07, 6.45) is 5.27. The topological polar surface area (TPSA) is 54.7 Å². The number of aryl methyl sites for hydroxylation is 2. The Bertz CT molecular complexity index is 754. The van der Waals surface area contributed by atoms with Gasteiger partial charge in [0.25, 0.3) is 0 Å². The molecule has 6 nitrogen and oxygen atoms in total. The molecule has 2 heterocycles. The number of hydrogen-bond acceptors (Lipinski definition) is 3. The van der Waals surface area contributed by atoms with Crippen LogP contribution in [0.15, 0.2) is 41.7 Å². The van der Waals surface area contributed by atoms with Crippen molar-refractivity contribution in [3.8, 4) is 5.75 Å². The molecule has 2 aromatic rings. The van der Waals surface area contributed by atoms with E-state index in [4.69, 9.17) is 4.74 Å². The van der Waals surface area contributed by atoms with E-state index >= 15 is 0 Å². The minimum absolute atomic E-state index is 0.0598. The fraction of sp³-hybridized carbons (Fsp3) is 0.500. The van der Waals surface area contributed by atoms with Gasteiger partial charge in [-0.1, -0.05) is 18.2 Å². The molecular weight excluding hydrogens is 326 g/mol. The number of guanidine groups is 1. The lowest BCUT2D eigenvalue weighted by molar-refractivity contribution is 0.221. The standard InChI is InChI=1S/C20H29N5O/c1-15-7-5-6-8-19(15)26-16(2)11-22-20(21-3)25-10-9-17(14-25)18-12-23-24(4)13-18/h5-8,12-13,16-17H,9-11,14H2,1-4H3,(H,21,22). The van der Waals surface area contributed by atoms with Gasteiger partial charge in [0.2, 0.25) is 0 Å². The van der Waals surface area contributed by atoms with Crippen LogP contribution in [-0.2, 0) is 7.05 Å². The first-order chi connectivity index (χ1) is 12.6. The number of nitrogens with zero attached hydrogens (tertiary/aromatic N) is 4. The summed E-state index contributed by atoms with van der Waals surface area (Å²) in [6.45, 7) is 6.84. The molecule has 0 bridgehead atoms. The normalized spacial score (nSPS) is 18.8. The van der Waals surface area contributed by atoms with Gasteiger partial charge in [-0.3, -0.25) is 9.67 Å². The molecule has 0 amide bonds. The van der Waals surface area contributed by atoms with E-state index in [0.717, 1.165) is 43.3 Å². The Kier molecular flexibility index (Phi) is 5.81. The third kappa shape index (κ3) is 4.36. The first-order valence-electron chi connectivity index (χ1n) is 9.23. The molecular formula is C20H29N5O. The van der Waals surface area contributed by atoms with Crippen molar-refractivity contribution in [3.63, 3.8) is 0 Å². The second-order valence-corrected chi connectivity index (χ2v) is 7.00. The lowest BCUT2D eigenvalue weighted by Crippen LogP contribution is -2.43. The van der Waals surface area contributed by atoms with E-state index in [-0.39, 0.29) is 6.10 Å². The molecule has 0 radical (unpaired) electrons. The molecule has 26 heavy (non-hydrogen) atoms. The van der Waals surface area contributed by atoms with Crippen LogP contribution in [0.3, 0.4) is 0 Å². The van der Waals surface area contributed by atoms with Crippen LogP contribution in [0.2, 0.25) is 0 Å². The van der Waals surface area contributed by atoms with Crippen molar-refractivity contribution in [2.24, 2.45) is 12.0 Å². The highest BCUT2D eigenvalue weighted by atomic mass is 16.5. The monoisotopic (exact) mass is 355 g/mol. The van der Waals surface area contributed by atoms with Gasteiger partial charge in [0.05, 0.1) is 12.7 Å². The molecule has 140 valence electrons. The summed E-state index contributed by atoms with van der Waals surface area (Å²) >= 11 is 0. The van der Waals surface area contributed by atoms with Gasteiger partial charge in [-0.25, -0.2) is 0 Å². The summed E-state index contributed by atoms with van der Waals surface area (Å²) in [4.78, 5) is 6.77. The summed E-state index contributed by atoms with van der Waals surface area (Å²) in [5.74, 6) is 2.40. The van der Waals surface area contributed by atoms with Crippen molar-refractivity contribution in [1.82, 2.24) is 20.0 Å². The van der Waals surface area contributed by atoms with E-state index in [1.165, 1.54) is 5.56 Å². The van der Waals surface area contributed by atoms with Gasteiger partial charge in [0.15, 0.2) is 5.96 Å². The number of rotatable bonds is 5. The number of aliphatic imine (C=N–C) groups is 1. The van der Waals surface area contributed by atoms with Gasteiger partial charge in [-0.05, 0) is 37.5 Å². The molecule has 0 spiro atoms. The molecule has 0 aliphatic carbocycles. The van der Waals surface area contributed by atoms with E-state index in [1.54, 1.807) is 0 Å². The number of nitrogens with one attached hydrogen (secondary N) is 1. The van der Waals surface area contributed by atoms with Gasteiger partial charge in [0, 0.05) is 39.3 Å². The zero-order chi connectivity index (χ0) is 18.5. The quantitative estimate of drug-likeness (QED) is 0.662. The first kappa shape index (κ1) is 18.3. The average molecular weight is 355 g/mol. The van der Waals surface area contributed by atoms with Crippen LogP contribution in [0.25, 0.3) is 0 Å². The average Bonchev–Trinajstić information content (AvgIpc) is 3.27. The molecule has 1 fully saturated rings.